The average Bonchev–Trinajstić information content (AvgIpc) is 2.21. The molecule has 1 fully saturated rings. The van der Waals surface area contributed by atoms with Gasteiger partial charge in [0.15, 0.2) is 0 Å². The molecule has 1 saturated carbocycles. The van der Waals surface area contributed by atoms with E-state index < -0.39 is 5.54 Å². The van der Waals surface area contributed by atoms with Gasteiger partial charge in [0.1, 0.15) is 0 Å². The zero-order valence-electron chi connectivity index (χ0n) is 10.1. The Labute approximate surface area is 96.4 Å². The van der Waals surface area contributed by atoms with Crippen LogP contribution < -0.4 is 11.1 Å². The monoisotopic (exact) mass is 227 g/mol. The first-order chi connectivity index (χ1) is 7.49. The maximum absolute atomic E-state index is 11.9. The van der Waals surface area contributed by atoms with Crippen molar-refractivity contribution in [3.63, 3.8) is 0 Å². The Balaban J connectivity index is 2.36. The van der Waals surface area contributed by atoms with E-state index in [9.17, 15) is 9.59 Å². The predicted molar refractivity (Wildman–Crippen MR) is 61.7 cm³/mol. The van der Waals surface area contributed by atoms with Gasteiger partial charge in [-0.05, 0) is 25.7 Å². The van der Waals surface area contributed by atoms with E-state index in [0.717, 1.165) is 25.7 Å². The minimum atomic E-state index is -0.709. The van der Waals surface area contributed by atoms with Gasteiger partial charge in [-0.15, -0.1) is 0 Å². The molecule has 0 aromatic rings. The summed E-state index contributed by atoms with van der Waals surface area (Å²) in [5.74, 6) is -0.244. The Morgan fingerprint density at radius 1 is 1.44 bits per heavy atom. The molecule has 0 atom stereocenters. The van der Waals surface area contributed by atoms with Gasteiger partial charge in [-0.1, -0.05) is 6.92 Å². The van der Waals surface area contributed by atoms with Gasteiger partial charge in [0.2, 0.25) is 11.8 Å². The third-order valence-corrected chi connectivity index (χ3v) is 2.97. The van der Waals surface area contributed by atoms with Gasteiger partial charge in [0, 0.05) is 13.6 Å². The second-order valence-electron chi connectivity index (χ2n) is 4.52. The van der Waals surface area contributed by atoms with Crippen molar-refractivity contribution in [1.29, 1.82) is 0 Å². The van der Waals surface area contributed by atoms with E-state index >= 15 is 0 Å². The molecule has 0 saturated heterocycles. The highest BCUT2D eigenvalue weighted by Gasteiger charge is 2.42. The van der Waals surface area contributed by atoms with Crippen LogP contribution in [0.25, 0.3) is 0 Å². The number of nitrogens with zero attached hydrogens (tertiary/aromatic N) is 1. The molecule has 0 unspecified atom stereocenters. The lowest BCUT2D eigenvalue weighted by Crippen LogP contribution is -2.59. The summed E-state index contributed by atoms with van der Waals surface area (Å²) >= 11 is 0. The van der Waals surface area contributed by atoms with Crippen LogP contribution in [-0.2, 0) is 9.59 Å². The highest BCUT2D eigenvalue weighted by atomic mass is 16.2. The number of carbonyl (C=O) groups is 2. The fourth-order valence-corrected chi connectivity index (χ4v) is 1.76. The maximum atomic E-state index is 11.9. The van der Waals surface area contributed by atoms with Crippen LogP contribution in [0.4, 0.5) is 0 Å². The Hall–Kier alpha value is -1.10. The highest BCUT2D eigenvalue weighted by Crippen LogP contribution is 2.30. The van der Waals surface area contributed by atoms with E-state index in [0.29, 0.717) is 6.54 Å². The lowest BCUT2D eigenvalue weighted by Gasteiger charge is -2.39. The number of nitrogens with two attached hydrogens (primary N) is 1. The first-order valence-electron chi connectivity index (χ1n) is 5.81. The molecule has 2 amide bonds. The molecule has 0 spiro atoms. The first kappa shape index (κ1) is 13.0. The number of hydrogen-bond donors (Lipinski definition) is 2. The number of likely N-dealkylation sites (N-methyl/N-ethyl adjacent to an activating group) is 1. The topological polar surface area (TPSA) is 75.4 Å². The second kappa shape index (κ2) is 5.30. The van der Waals surface area contributed by atoms with Crippen molar-refractivity contribution in [2.75, 3.05) is 20.1 Å². The number of amides is 2. The van der Waals surface area contributed by atoms with Crippen LogP contribution in [0, 0.1) is 0 Å². The summed E-state index contributed by atoms with van der Waals surface area (Å²) in [5, 5.41) is 2.73. The van der Waals surface area contributed by atoms with Crippen LogP contribution in [0.3, 0.4) is 0 Å². The molecule has 0 heterocycles. The van der Waals surface area contributed by atoms with Gasteiger partial charge < -0.3 is 16.0 Å². The van der Waals surface area contributed by atoms with Crippen molar-refractivity contribution >= 4 is 11.8 Å². The molecule has 0 aromatic carbocycles. The smallest absolute Gasteiger partial charge is 0.242 e. The zero-order valence-corrected chi connectivity index (χ0v) is 10.1. The molecule has 1 aliphatic carbocycles. The fourth-order valence-electron chi connectivity index (χ4n) is 1.76. The lowest BCUT2D eigenvalue weighted by molar-refractivity contribution is -0.141. The summed E-state index contributed by atoms with van der Waals surface area (Å²) < 4.78 is 0. The molecule has 5 nitrogen and oxygen atoms in total. The van der Waals surface area contributed by atoms with Gasteiger partial charge in [0.25, 0.3) is 0 Å². The third-order valence-electron chi connectivity index (χ3n) is 2.97. The first-order valence-corrected chi connectivity index (χ1v) is 5.81. The molecule has 0 aliphatic heterocycles. The molecular formula is C11H21N3O2. The molecule has 0 aromatic heterocycles. The molecule has 16 heavy (non-hydrogen) atoms. The summed E-state index contributed by atoms with van der Waals surface area (Å²) in [5.41, 5.74) is 5.19. The summed E-state index contributed by atoms with van der Waals surface area (Å²) in [7, 11) is 1.63. The molecule has 1 rings (SSSR count). The Bertz CT molecular complexity index is 274. The van der Waals surface area contributed by atoms with Crippen molar-refractivity contribution in [2.24, 2.45) is 5.73 Å². The van der Waals surface area contributed by atoms with Gasteiger partial charge in [-0.2, -0.15) is 0 Å². The number of rotatable bonds is 5. The van der Waals surface area contributed by atoms with Crippen LogP contribution in [-0.4, -0.2) is 42.4 Å². The SMILES string of the molecule is CCCNC(=O)CN(C)C(=O)C1(N)CCC1. The van der Waals surface area contributed by atoms with Crippen molar-refractivity contribution in [2.45, 2.75) is 38.1 Å². The van der Waals surface area contributed by atoms with Gasteiger partial charge >= 0.3 is 0 Å². The average molecular weight is 227 g/mol. The molecular weight excluding hydrogens is 206 g/mol. The van der Waals surface area contributed by atoms with Crippen LogP contribution in [0.5, 0.6) is 0 Å². The number of carbonyl (C=O) groups excluding carboxylic acids is 2. The molecule has 5 heteroatoms. The van der Waals surface area contributed by atoms with E-state index in [-0.39, 0.29) is 18.4 Å². The van der Waals surface area contributed by atoms with Gasteiger partial charge in [0.05, 0.1) is 12.1 Å². The predicted octanol–water partition coefficient (Wildman–Crippen LogP) is -0.148. The van der Waals surface area contributed by atoms with Gasteiger partial charge in [-0.3, -0.25) is 9.59 Å². The van der Waals surface area contributed by atoms with E-state index in [1.807, 2.05) is 6.92 Å². The van der Waals surface area contributed by atoms with E-state index in [2.05, 4.69) is 5.32 Å². The van der Waals surface area contributed by atoms with Crippen LogP contribution >= 0.6 is 0 Å². The summed E-state index contributed by atoms with van der Waals surface area (Å²) in [6.07, 6.45) is 3.35. The normalized spacial score (nSPS) is 17.4. The molecule has 1 aliphatic rings. The van der Waals surface area contributed by atoms with Crippen molar-refractivity contribution < 1.29 is 9.59 Å². The van der Waals surface area contributed by atoms with E-state index in [1.165, 1.54) is 4.90 Å². The van der Waals surface area contributed by atoms with Crippen LogP contribution in [0.1, 0.15) is 32.6 Å². The number of hydrogen-bond acceptors (Lipinski definition) is 3. The third kappa shape index (κ3) is 2.95. The van der Waals surface area contributed by atoms with Crippen molar-refractivity contribution in [1.82, 2.24) is 10.2 Å². The standard InChI is InChI=1S/C11H21N3O2/c1-3-7-13-9(15)8-14(2)10(16)11(12)5-4-6-11/h3-8,12H2,1-2H3,(H,13,15). The number of nitrogens with one attached hydrogen (secondary N) is 1. The summed E-state index contributed by atoms with van der Waals surface area (Å²) in [6.45, 7) is 2.73. The molecule has 0 radical (unpaired) electrons. The molecule has 0 bridgehead atoms. The lowest BCUT2D eigenvalue weighted by atomic mass is 9.76. The van der Waals surface area contributed by atoms with E-state index in [1.54, 1.807) is 7.05 Å². The van der Waals surface area contributed by atoms with Crippen molar-refractivity contribution in [3.05, 3.63) is 0 Å². The summed E-state index contributed by atoms with van der Waals surface area (Å²) in [6, 6.07) is 0. The largest absolute Gasteiger partial charge is 0.355 e. The highest BCUT2D eigenvalue weighted by molar-refractivity contribution is 5.90. The Kier molecular flexibility index (Phi) is 4.29. The Morgan fingerprint density at radius 2 is 2.06 bits per heavy atom. The minimum Gasteiger partial charge on any atom is -0.355 e. The Morgan fingerprint density at radius 3 is 2.50 bits per heavy atom. The van der Waals surface area contributed by atoms with E-state index in [4.69, 9.17) is 5.73 Å². The molecule has 92 valence electrons. The fraction of sp³-hybridized carbons (Fsp3) is 0.818. The van der Waals surface area contributed by atoms with Crippen molar-refractivity contribution in [3.8, 4) is 0 Å². The molecule has 3 N–H and O–H groups in total. The zero-order chi connectivity index (χ0) is 12.2. The van der Waals surface area contributed by atoms with Gasteiger partial charge in [-0.25, -0.2) is 0 Å². The van der Waals surface area contributed by atoms with Crippen LogP contribution in [0.2, 0.25) is 0 Å². The maximum Gasteiger partial charge on any atom is 0.242 e. The summed E-state index contributed by atoms with van der Waals surface area (Å²) in [4.78, 5) is 24.7. The second-order valence-corrected chi connectivity index (χ2v) is 4.52. The quantitative estimate of drug-likeness (QED) is 0.686. The minimum absolute atomic E-state index is 0.0950. The van der Waals surface area contributed by atoms with Crippen LogP contribution in [0.15, 0.2) is 0 Å².